The van der Waals surface area contributed by atoms with Crippen LogP contribution in [-0.4, -0.2) is 41.9 Å². The van der Waals surface area contributed by atoms with Gasteiger partial charge in [0.25, 0.3) is 0 Å². The van der Waals surface area contributed by atoms with E-state index in [0.717, 1.165) is 29.2 Å². The van der Waals surface area contributed by atoms with E-state index in [2.05, 4.69) is 17.6 Å². The first-order chi connectivity index (χ1) is 16.5. The van der Waals surface area contributed by atoms with Gasteiger partial charge in [0, 0.05) is 13.7 Å². The Hall–Kier alpha value is -2.15. The van der Waals surface area contributed by atoms with E-state index in [-0.39, 0.29) is 11.7 Å². The molecule has 4 N–H and O–H groups in total. The lowest BCUT2D eigenvalue weighted by molar-refractivity contribution is -0.127. The Labute approximate surface area is 205 Å². The number of nitrogens with one attached hydrogen (secondary N) is 2. The number of rotatable bonds is 17. The molecule has 0 aliphatic rings. The summed E-state index contributed by atoms with van der Waals surface area (Å²) in [6.45, 7) is 4.46. The van der Waals surface area contributed by atoms with Crippen LogP contribution in [0.1, 0.15) is 89.8 Å². The number of fused-ring (bicyclic) bond motifs is 1. The summed E-state index contributed by atoms with van der Waals surface area (Å²) in [6, 6.07) is 10.1. The summed E-state index contributed by atoms with van der Waals surface area (Å²) in [7, 11) is 1.57. The summed E-state index contributed by atoms with van der Waals surface area (Å²) in [6.07, 6.45) is 11.1. The molecule has 0 heterocycles. The molecule has 2 aromatic rings. The molecule has 6 heteroatoms. The third-order valence-corrected chi connectivity index (χ3v) is 6.31. The second-order valence-electron chi connectivity index (χ2n) is 9.26. The van der Waals surface area contributed by atoms with Gasteiger partial charge in [-0.25, -0.2) is 0 Å². The summed E-state index contributed by atoms with van der Waals surface area (Å²) in [5.74, 6) is -0.00592. The number of hydrogen-bond donors (Lipinski definition) is 4. The van der Waals surface area contributed by atoms with Crippen molar-refractivity contribution >= 4 is 16.7 Å². The van der Waals surface area contributed by atoms with Crippen LogP contribution < -0.4 is 10.6 Å². The fourth-order valence-electron chi connectivity index (χ4n) is 4.25. The maximum Gasteiger partial charge on any atom is 0.239 e. The second-order valence-corrected chi connectivity index (χ2v) is 9.26. The smallest absolute Gasteiger partial charge is 0.239 e. The van der Waals surface area contributed by atoms with E-state index >= 15 is 0 Å². The molecular formula is C28H44N2O4. The van der Waals surface area contributed by atoms with Crippen LogP contribution in [0.25, 0.3) is 10.8 Å². The van der Waals surface area contributed by atoms with Crippen molar-refractivity contribution in [3.05, 3.63) is 42.0 Å². The van der Waals surface area contributed by atoms with Crippen molar-refractivity contribution in [1.82, 2.24) is 10.6 Å². The summed E-state index contributed by atoms with van der Waals surface area (Å²) in [5.41, 5.74) is 0.842. The largest absolute Gasteiger partial charge is 0.508 e. The maximum atomic E-state index is 12.8. The molecule has 0 aromatic heterocycles. The summed E-state index contributed by atoms with van der Waals surface area (Å²) in [5, 5.41) is 27.9. The first-order valence-corrected chi connectivity index (χ1v) is 12.9. The van der Waals surface area contributed by atoms with Gasteiger partial charge >= 0.3 is 0 Å². The minimum atomic E-state index is -0.872. The molecule has 0 fully saturated rings. The molecule has 3 unspecified atom stereocenters. The van der Waals surface area contributed by atoms with Crippen LogP contribution in [0, 0.1) is 0 Å². The highest BCUT2D eigenvalue weighted by molar-refractivity contribution is 5.85. The number of ether oxygens (including phenoxy) is 1. The molecular weight excluding hydrogens is 428 g/mol. The average molecular weight is 473 g/mol. The third-order valence-electron chi connectivity index (χ3n) is 6.31. The van der Waals surface area contributed by atoms with Crippen molar-refractivity contribution in [1.29, 1.82) is 0 Å². The number of phenolic OH excluding ortho intramolecular Hbond substituents is 1. The number of methoxy groups -OCH3 is 1. The Morgan fingerprint density at radius 3 is 2.12 bits per heavy atom. The van der Waals surface area contributed by atoms with Crippen LogP contribution in [0.2, 0.25) is 0 Å². The quantitative estimate of drug-likeness (QED) is 0.179. The molecule has 0 bridgehead atoms. The standard InChI is InChI=1S/C28H44N2O4/c1-4-5-6-7-8-9-10-11-12-13-18-29-27(33)26(21(2)31)30-28(34-3)24-15-14-23-20-25(32)17-16-22(23)19-24/h14-17,19-21,26,28,30-32H,4-13,18H2,1-3H3,(H,29,33). The molecule has 0 spiro atoms. The number of amides is 1. The van der Waals surface area contributed by atoms with Crippen LogP contribution in [0.15, 0.2) is 36.4 Å². The lowest BCUT2D eigenvalue weighted by Gasteiger charge is -2.26. The van der Waals surface area contributed by atoms with E-state index < -0.39 is 18.4 Å². The van der Waals surface area contributed by atoms with Crippen molar-refractivity contribution < 1.29 is 19.7 Å². The summed E-state index contributed by atoms with van der Waals surface area (Å²) in [4.78, 5) is 12.8. The van der Waals surface area contributed by atoms with Crippen LogP contribution in [0.3, 0.4) is 0 Å². The Morgan fingerprint density at radius 2 is 1.50 bits per heavy atom. The minimum absolute atomic E-state index is 0.218. The Bertz CT molecular complexity index is 855. The number of aliphatic hydroxyl groups excluding tert-OH is 1. The van der Waals surface area contributed by atoms with Gasteiger partial charge in [0.05, 0.1) is 6.10 Å². The Morgan fingerprint density at radius 1 is 0.912 bits per heavy atom. The molecule has 0 aliphatic heterocycles. The van der Waals surface area contributed by atoms with E-state index in [0.29, 0.717) is 6.54 Å². The zero-order valence-electron chi connectivity index (χ0n) is 21.2. The number of hydrogen-bond acceptors (Lipinski definition) is 5. The first-order valence-electron chi connectivity index (χ1n) is 12.9. The third kappa shape index (κ3) is 9.61. The molecule has 190 valence electrons. The number of aromatic hydroxyl groups is 1. The average Bonchev–Trinajstić information content (AvgIpc) is 2.82. The van der Waals surface area contributed by atoms with Crippen molar-refractivity contribution in [2.24, 2.45) is 0 Å². The zero-order chi connectivity index (χ0) is 24.8. The van der Waals surface area contributed by atoms with Gasteiger partial charge in [-0.3, -0.25) is 10.1 Å². The van der Waals surface area contributed by atoms with Gasteiger partial charge in [-0.1, -0.05) is 82.9 Å². The molecule has 2 aromatic carbocycles. The number of aliphatic hydroxyl groups is 1. The molecule has 0 radical (unpaired) electrons. The van der Waals surface area contributed by atoms with Gasteiger partial charge in [-0.2, -0.15) is 0 Å². The lowest BCUT2D eigenvalue weighted by Crippen LogP contribution is -2.51. The second kappa shape index (κ2) is 15.7. The predicted octanol–water partition coefficient (Wildman–Crippen LogP) is 5.57. The Balaban J connectivity index is 1.77. The highest BCUT2D eigenvalue weighted by atomic mass is 16.5. The Kier molecular flexibility index (Phi) is 13.0. The fraction of sp³-hybridized carbons (Fsp3) is 0.607. The number of phenols is 1. The van der Waals surface area contributed by atoms with Gasteiger partial charge in [0.2, 0.25) is 5.91 Å². The normalized spacial score (nSPS) is 14.1. The van der Waals surface area contributed by atoms with Crippen LogP contribution in [0.5, 0.6) is 5.75 Å². The summed E-state index contributed by atoms with van der Waals surface area (Å²) >= 11 is 0. The van der Waals surface area contributed by atoms with Crippen LogP contribution in [0.4, 0.5) is 0 Å². The summed E-state index contributed by atoms with van der Waals surface area (Å²) < 4.78 is 5.60. The SMILES string of the molecule is CCCCCCCCCCCCNC(=O)C(NC(OC)c1ccc2cc(O)ccc2c1)C(C)O. The number of carbonyl (C=O) groups excluding carboxylic acids is 1. The van der Waals surface area contributed by atoms with Gasteiger partial charge in [-0.05, 0) is 47.9 Å². The zero-order valence-corrected chi connectivity index (χ0v) is 21.2. The fourth-order valence-corrected chi connectivity index (χ4v) is 4.25. The molecule has 0 aliphatic carbocycles. The van der Waals surface area contributed by atoms with Gasteiger partial charge in [-0.15, -0.1) is 0 Å². The topological polar surface area (TPSA) is 90.8 Å². The molecule has 0 saturated heterocycles. The molecule has 3 atom stereocenters. The van der Waals surface area contributed by atoms with E-state index in [1.165, 1.54) is 51.4 Å². The molecule has 0 saturated carbocycles. The van der Waals surface area contributed by atoms with Crippen molar-refractivity contribution in [2.45, 2.75) is 96.4 Å². The highest BCUT2D eigenvalue weighted by Gasteiger charge is 2.27. The molecule has 2 rings (SSSR count). The van der Waals surface area contributed by atoms with Crippen molar-refractivity contribution in [3.63, 3.8) is 0 Å². The van der Waals surface area contributed by atoms with E-state index in [9.17, 15) is 15.0 Å². The van der Waals surface area contributed by atoms with Gasteiger partial charge < -0.3 is 20.3 Å². The predicted molar refractivity (Wildman–Crippen MR) is 139 cm³/mol. The molecule has 6 nitrogen and oxygen atoms in total. The highest BCUT2D eigenvalue weighted by Crippen LogP contribution is 2.24. The number of unbranched alkanes of at least 4 members (excludes halogenated alkanes) is 9. The first kappa shape index (κ1) is 28.1. The van der Waals surface area contributed by atoms with Crippen LogP contribution in [-0.2, 0) is 9.53 Å². The van der Waals surface area contributed by atoms with Crippen LogP contribution >= 0.6 is 0 Å². The maximum absolute atomic E-state index is 12.8. The van der Waals surface area contributed by atoms with Crippen molar-refractivity contribution in [3.8, 4) is 5.75 Å². The van der Waals surface area contributed by atoms with E-state index in [1.54, 1.807) is 26.2 Å². The minimum Gasteiger partial charge on any atom is -0.508 e. The van der Waals surface area contributed by atoms with E-state index in [1.807, 2.05) is 24.3 Å². The van der Waals surface area contributed by atoms with Crippen molar-refractivity contribution in [2.75, 3.05) is 13.7 Å². The molecule has 34 heavy (non-hydrogen) atoms. The number of carbonyl (C=O) groups is 1. The van der Waals surface area contributed by atoms with E-state index in [4.69, 9.17) is 4.74 Å². The molecule has 1 amide bonds. The lowest BCUT2D eigenvalue weighted by atomic mass is 10.0. The number of benzene rings is 2. The monoisotopic (exact) mass is 472 g/mol. The van der Waals surface area contributed by atoms with Gasteiger partial charge in [0.1, 0.15) is 18.0 Å². The van der Waals surface area contributed by atoms with Gasteiger partial charge in [0.15, 0.2) is 0 Å².